The molecule has 2 aromatic heterocycles. The van der Waals surface area contributed by atoms with Gasteiger partial charge in [-0.05, 0) is 6.92 Å². The molecule has 0 saturated carbocycles. The maximum absolute atomic E-state index is 11.9. The van der Waals surface area contributed by atoms with Crippen LogP contribution >= 0.6 is 22.9 Å². The smallest absolute Gasteiger partial charge is 0.252 e. The Kier molecular flexibility index (Phi) is 3.48. The van der Waals surface area contributed by atoms with Crippen molar-refractivity contribution in [3.63, 3.8) is 0 Å². The van der Waals surface area contributed by atoms with Crippen LogP contribution in [0.2, 0.25) is 4.47 Å². The first-order valence-electron chi connectivity index (χ1n) is 4.51. The van der Waals surface area contributed by atoms with Crippen LogP contribution in [0.25, 0.3) is 0 Å². The summed E-state index contributed by atoms with van der Waals surface area (Å²) in [5.74, 6) is 0.432. The van der Waals surface area contributed by atoms with Gasteiger partial charge in [-0.2, -0.15) is 0 Å². The summed E-state index contributed by atoms with van der Waals surface area (Å²) in [5, 5.41) is 3.48. The minimum Gasteiger partial charge on any atom is -0.360 e. The predicted octanol–water partition coefficient (Wildman–Crippen LogP) is 1.57. The van der Waals surface area contributed by atoms with Crippen molar-refractivity contribution in [3.8, 4) is 0 Å². The first kappa shape index (κ1) is 12.5. The molecular weight excluding hydrogens is 286 g/mol. The van der Waals surface area contributed by atoms with Gasteiger partial charge >= 0.3 is 0 Å². The third kappa shape index (κ3) is 2.83. The van der Waals surface area contributed by atoms with Gasteiger partial charge in [0.05, 0.1) is 18.4 Å². The highest BCUT2D eigenvalue weighted by molar-refractivity contribution is 7.91. The number of hydrogen-bond acceptors (Lipinski definition) is 6. The first-order chi connectivity index (χ1) is 7.99. The highest BCUT2D eigenvalue weighted by Crippen LogP contribution is 2.26. The Balaban J connectivity index is 2.17. The van der Waals surface area contributed by atoms with Gasteiger partial charge in [0, 0.05) is 6.07 Å². The maximum Gasteiger partial charge on any atom is 0.252 e. The Labute approximate surface area is 107 Å². The van der Waals surface area contributed by atoms with Crippen LogP contribution in [0.5, 0.6) is 0 Å². The topological polar surface area (TPSA) is 85.1 Å². The van der Waals surface area contributed by atoms with Crippen molar-refractivity contribution in [1.82, 2.24) is 14.9 Å². The Bertz CT molecular complexity index is 606. The Morgan fingerprint density at radius 1 is 1.59 bits per heavy atom. The maximum atomic E-state index is 11.9. The van der Waals surface area contributed by atoms with Gasteiger partial charge in [0.1, 0.15) is 0 Å². The summed E-state index contributed by atoms with van der Waals surface area (Å²) in [6.45, 7) is 1.63. The number of halogens is 1. The molecule has 92 valence electrons. The number of aryl methyl sites for hydroxylation is 1. The molecule has 0 amide bonds. The summed E-state index contributed by atoms with van der Waals surface area (Å²) < 4.78 is 31.3. The monoisotopic (exact) mass is 293 g/mol. The highest BCUT2D eigenvalue weighted by Gasteiger charge is 2.21. The summed E-state index contributed by atoms with van der Waals surface area (Å²) in [5.41, 5.74) is 0.380. The number of hydrogen-bond donors (Lipinski definition) is 1. The van der Waals surface area contributed by atoms with E-state index in [-0.39, 0.29) is 15.2 Å². The summed E-state index contributed by atoms with van der Waals surface area (Å²) in [7, 11) is -3.61. The molecule has 2 aromatic rings. The molecule has 6 nitrogen and oxygen atoms in total. The standard InChI is InChI=1S/C8H8ClN3O3S2/c1-5-7(16-8(9)12-5)17(13,14)11-4-6-2-3-10-15-6/h2-3,11H,4H2,1H3. The third-order valence-electron chi connectivity index (χ3n) is 1.90. The average molecular weight is 294 g/mol. The highest BCUT2D eigenvalue weighted by atomic mass is 35.5. The molecule has 17 heavy (non-hydrogen) atoms. The van der Waals surface area contributed by atoms with Crippen LogP contribution in [0.1, 0.15) is 11.5 Å². The van der Waals surface area contributed by atoms with E-state index < -0.39 is 10.0 Å². The Morgan fingerprint density at radius 3 is 2.88 bits per heavy atom. The van der Waals surface area contributed by atoms with E-state index in [2.05, 4.69) is 14.9 Å². The number of thiazole rings is 1. The van der Waals surface area contributed by atoms with Gasteiger partial charge in [-0.1, -0.05) is 28.1 Å². The van der Waals surface area contributed by atoms with Crippen LogP contribution in [-0.4, -0.2) is 18.6 Å². The fraction of sp³-hybridized carbons (Fsp3) is 0.250. The molecule has 0 fully saturated rings. The lowest BCUT2D eigenvalue weighted by Crippen LogP contribution is -2.22. The fourth-order valence-electron chi connectivity index (χ4n) is 1.16. The molecule has 0 radical (unpaired) electrons. The molecule has 0 saturated heterocycles. The molecule has 9 heteroatoms. The van der Waals surface area contributed by atoms with Crippen molar-refractivity contribution < 1.29 is 12.9 Å². The first-order valence-corrected chi connectivity index (χ1v) is 7.19. The lowest BCUT2D eigenvalue weighted by atomic mass is 10.5. The fourth-order valence-corrected chi connectivity index (χ4v) is 3.94. The van der Waals surface area contributed by atoms with Crippen LogP contribution < -0.4 is 4.72 Å². The van der Waals surface area contributed by atoms with Crippen molar-refractivity contribution in [2.45, 2.75) is 17.7 Å². The summed E-state index contributed by atoms with van der Waals surface area (Å²) in [6, 6.07) is 1.58. The molecule has 0 unspecified atom stereocenters. The summed E-state index contributed by atoms with van der Waals surface area (Å²) in [6.07, 6.45) is 1.44. The van der Waals surface area contributed by atoms with Gasteiger partial charge in [0.2, 0.25) is 0 Å². The molecule has 0 aromatic carbocycles. The van der Waals surface area contributed by atoms with E-state index in [1.807, 2.05) is 0 Å². The van der Waals surface area contributed by atoms with Crippen molar-refractivity contribution in [1.29, 1.82) is 0 Å². The molecule has 2 rings (SSSR count). The number of nitrogens with one attached hydrogen (secondary N) is 1. The molecule has 0 aliphatic heterocycles. The zero-order valence-electron chi connectivity index (χ0n) is 8.68. The van der Waals surface area contributed by atoms with E-state index in [1.54, 1.807) is 13.0 Å². The second-order valence-electron chi connectivity index (χ2n) is 3.14. The quantitative estimate of drug-likeness (QED) is 0.925. The molecule has 0 bridgehead atoms. The van der Waals surface area contributed by atoms with Gasteiger partial charge < -0.3 is 4.52 Å². The molecular formula is C8H8ClN3O3S2. The van der Waals surface area contributed by atoms with Crippen LogP contribution in [0.15, 0.2) is 21.0 Å². The second kappa shape index (κ2) is 4.73. The summed E-state index contributed by atoms with van der Waals surface area (Å²) in [4.78, 5) is 3.85. The number of rotatable bonds is 4. The van der Waals surface area contributed by atoms with Gasteiger partial charge in [-0.15, -0.1) is 0 Å². The number of aromatic nitrogens is 2. The molecule has 0 atom stereocenters. The second-order valence-corrected chi connectivity index (χ2v) is 6.69. The average Bonchev–Trinajstić information content (AvgIpc) is 2.85. The van der Waals surface area contributed by atoms with Crippen LogP contribution in [0.3, 0.4) is 0 Å². The Morgan fingerprint density at radius 2 is 2.35 bits per heavy atom. The zero-order valence-corrected chi connectivity index (χ0v) is 11.1. The van der Waals surface area contributed by atoms with Crippen molar-refractivity contribution in [3.05, 3.63) is 28.2 Å². The van der Waals surface area contributed by atoms with E-state index in [1.165, 1.54) is 6.20 Å². The van der Waals surface area contributed by atoms with Crippen LogP contribution in [0.4, 0.5) is 0 Å². The molecule has 0 aliphatic carbocycles. The van der Waals surface area contributed by atoms with Gasteiger partial charge in [0.15, 0.2) is 14.4 Å². The number of nitrogens with zero attached hydrogens (tertiary/aromatic N) is 2. The third-order valence-corrected chi connectivity index (χ3v) is 5.17. The normalized spacial score (nSPS) is 11.9. The van der Waals surface area contributed by atoms with E-state index in [0.717, 1.165) is 11.3 Å². The minimum atomic E-state index is -3.61. The SMILES string of the molecule is Cc1nc(Cl)sc1S(=O)(=O)NCc1ccno1. The van der Waals surface area contributed by atoms with Gasteiger partial charge in [0.25, 0.3) is 10.0 Å². The molecule has 2 heterocycles. The lowest BCUT2D eigenvalue weighted by Gasteiger charge is -2.02. The van der Waals surface area contributed by atoms with Crippen molar-refractivity contribution in [2.75, 3.05) is 0 Å². The van der Waals surface area contributed by atoms with E-state index in [0.29, 0.717) is 11.5 Å². The van der Waals surface area contributed by atoms with E-state index in [4.69, 9.17) is 16.1 Å². The van der Waals surface area contributed by atoms with Crippen molar-refractivity contribution >= 4 is 33.0 Å². The van der Waals surface area contributed by atoms with E-state index in [9.17, 15) is 8.42 Å². The van der Waals surface area contributed by atoms with Gasteiger partial charge in [-0.3, -0.25) is 0 Å². The molecule has 0 spiro atoms. The van der Waals surface area contributed by atoms with Gasteiger partial charge in [-0.25, -0.2) is 18.1 Å². The summed E-state index contributed by atoms with van der Waals surface area (Å²) >= 11 is 6.57. The largest absolute Gasteiger partial charge is 0.360 e. The van der Waals surface area contributed by atoms with Crippen LogP contribution in [-0.2, 0) is 16.6 Å². The lowest BCUT2D eigenvalue weighted by molar-refractivity contribution is 0.380. The Hall–Kier alpha value is -0.960. The predicted molar refractivity (Wildman–Crippen MR) is 62.4 cm³/mol. The molecule has 0 aliphatic rings. The minimum absolute atomic E-state index is 0.0390. The van der Waals surface area contributed by atoms with Crippen molar-refractivity contribution in [2.24, 2.45) is 0 Å². The number of sulfonamides is 1. The zero-order chi connectivity index (χ0) is 12.5. The molecule has 1 N–H and O–H groups in total. The van der Waals surface area contributed by atoms with E-state index >= 15 is 0 Å². The van der Waals surface area contributed by atoms with Crippen LogP contribution in [0, 0.1) is 6.92 Å².